The van der Waals surface area contributed by atoms with Crippen LogP contribution in [0.3, 0.4) is 0 Å². The average Bonchev–Trinajstić information content (AvgIpc) is 2.64. The Kier molecular flexibility index (Phi) is 1.66. The second-order valence-corrected chi connectivity index (χ2v) is 5.66. The Morgan fingerprint density at radius 2 is 2.07 bits per heavy atom. The van der Waals surface area contributed by atoms with Crippen molar-refractivity contribution in [2.24, 2.45) is 5.73 Å². The Labute approximate surface area is 90.4 Å². The van der Waals surface area contributed by atoms with E-state index in [-0.39, 0.29) is 11.0 Å². The van der Waals surface area contributed by atoms with Crippen molar-refractivity contribution >= 4 is 0 Å². The first-order valence-corrected chi connectivity index (χ1v) is 5.90. The lowest BCUT2D eigenvalue weighted by Gasteiger charge is -2.31. The lowest BCUT2D eigenvalue weighted by atomic mass is 9.77. The summed E-state index contributed by atoms with van der Waals surface area (Å²) in [5.41, 5.74) is 10.4. The predicted octanol–water partition coefficient (Wildman–Crippen LogP) is 1.67. The first kappa shape index (κ1) is 9.40. The molecule has 0 saturated heterocycles. The molecular formula is C12H19N3. The molecule has 0 spiro atoms. The van der Waals surface area contributed by atoms with Crippen LogP contribution in [0.5, 0.6) is 0 Å². The van der Waals surface area contributed by atoms with E-state index in [1.165, 1.54) is 29.8 Å². The Balaban J connectivity index is 2.05. The molecule has 0 unspecified atom stereocenters. The summed E-state index contributed by atoms with van der Waals surface area (Å²) < 4.78 is 0. The van der Waals surface area contributed by atoms with E-state index in [1.807, 2.05) is 0 Å². The highest BCUT2D eigenvalue weighted by atomic mass is 15.1. The van der Waals surface area contributed by atoms with Gasteiger partial charge < -0.3 is 5.73 Å². The summed E-state index contributed by atoms with van der Waals surface area (Å²) >= 11 is 0. The summed E-state index contributed by atoms with van der Waals surface area (Å²) in [6.07, 6.45) is 5.89. The lowest BCUT2D eigenvalue weighted by molar-refractivity contribution is 0.377. The van der Waals surface area contributed by atoms with Gasteiger partial charge in [-0.2, -0.15) is 5.10 Å². The molecule has 0 bridgehead atoms. The molecule has 3 rings (SSSR count). The molecule has 0 aromatic carbocycles. The summed E-state index contributed by atoms with van der Waals surface area (Å²) in [6.45, 7) is 4.49. The molecule has 1 saturated carbocycles. The number of aromatic amines is 1. The highest BCUT2D eigenvalue weighted by Gasteiger charge is 2.54. The van der Waals surface area contributed by atoms with Gasteiger partial charge in [0.05, 0.1) is 5.69 Å². The molecule has 2 aliphatic carbocycles. The summed E-state index contributed by atoms with van der Waals surface area (Å²) in [4.78, 5) is 0. The van der Waals surface area contributed by atoms with Gasteiger partial charge in [0.25, 0.3) is 0 Å². The van der Waals surface area contributed by atoms with Crippen molar-refractivity contribution in [2.45, 2.75) is 56.9 Å². The number of hydrogen-bond donors (Lipinski definition) is 2. The minimum absolute atomic E-state index is 0.00144. The molecule has 82 valence electrons. The van der Waals surface area contributed by atoms with E-state index in [4.69, 9.17) is 5.73 Å². The van der Waals surface area contributed by atoms with Crippen LogP contribution < -0.4 is 5.73 Å². The van der Waals surface area contributed by atoms with Crippen molar-refractivity contribution < 1.29 is 0 Å². The van der Waals surface area contributed by atoms with E-state index in [0.29, 0.717) is 0 Å². The fraction of sp³-hybridized carbons (Fsp3) is 0.750. The van der Waals surface area contributed by atoms with Crippen LogP contribution in [-0.2, 0) is 18.3 Å². The number of aromatic nitrogens is 2. The fourth-order valence-electron chi connectivity index (χ4n) is 2.83. The smallest absolute Gasteiger partial charge is 0.0731 e. The van der Waals surface area contributed by atoms with E-state index >= 15 is 0 Å². The van der Waals surface area contributed by atoms with Crippen LogP contribution >= 0.6 is 0 Å². The topological polar surface area (TPSA) is 54.7 Å². The molecule has 0 aliphatic heterocycles. The second kappa shape index (κ2) is 2.64. The highest BCUT2D eigenvalue weighted by Crippen LogP contribution is 2.50. The zero-order valence-electron chi connectivity index (χ0n) is 9.56. The van der Waals surface area contributed by atoms with Crippen LogP contribution in [0.15, 0.2) is 0 Å². The highest BCUT2D eigenvalue weighted by molar-refractivity contribution is 5.38. The number of nitrogens with zero attached hydrogens (tertiary/aromatic N) is 1. The zero-order chi connectivity index (χ0) is 10.7. The molecule has 3 nitrogen and oxygen atoms in total. The molecule has 0 radical (unpaired) electrons. The summed E-state index contributed by atoms with van der Waals surface area (Å²) in [5.74, 6) is 0. The number of aryl methyl sites for hydroxylation is 1. The lowest BCUT2D eigenvalue weighted by Crippen LogP contribution is -2.44. The molecule has 2 aliphatic rings. The quantitative estimate of drug-likeness (QED) is 0.771. The van der Waals surface area contributed by atoms with Gasteiger partial charge in [-0.1, -0.05) is 13.8 Å². The number of nitrogens with two attached hydrogens (primary N) is 1. The molecular weight excluding hydrogens is 186 g/mol. The van der Waals surface area contributed by atoms with Crippen molar-refractivity contribution in [2.75, 3.05) is 0 Å². The summed E-state index contributed by atoms with van der Waals surface area (Å²) in [7, 11) is 0. The van der Waals surface area contributed by atoms with Crippen LogP contribution in [0.25, 0.3) is 0 Å². The van der Waals surface area contributed by atoms with Crippen LogP contribution in [0, 0.1) is 0 Å². The maximum absolute atomic E-state index is 6.36. The second-order valence-electron chi connectivity index (χ2n) is 5.66. The summed E-state index contributed by atoms with van der Waals surface area (Å²) in [6, 6.07) is 0. The third-order valence-electron chi connectivity index (χ3n) is 4.43. The maximum atomic E-state index is 6.36. The molecule has 3 N–H and O–H groups in total. The van der Waals surface area contributed by atoms with E-state index in [2.05, 4.69) is 24.0 Å². The minimum Gasteiger partial charge on any atom is -0.324 e. The summed E-state index contributed by atoms with van der Waals surface area (Å²) in [5, 5.41) is 7.70. The Bertz CT molecular complexity index is 399. The molecule has 1 aromatic heterocycles. The first-order chi connectivity index (χ1) is 7.05. The van der Waals surface area contributed by atoms with Crippen molar-refractivity contribution in [1.82, 2.24) is 10.2 Å². The van der Waals surface area contributed by atoms with Crippen LogP contribution in [0.1, 0.15) is 50.1 Å². The molecule has 1 aromatic rings. The van der Waals surface area contributed by atoms with Crippen LogP contribution in [-0.4, -0.2) is 15.7 Å². The van der Waals surface area contributed by atoms with Crippen LogP contribution in [0.2, 0.25) is 0 Å². The standard InChI is InChI=1S/C12H19N3/c1-11(2,12(13)6-7-12)10-8-4-3-5-9(8)14-15-10/h3-7,13H2,1-2H3,(H,14,15). The van der Waals surface area contributed by atoms with Gasteiger partial charge in [-0.05, 0) is 37.7 Å². The largest absolute Gasteiger partial charge is 0.324 e. The van der Waals surface area contributed by atoms with Gasteiger partial charge in [0.1, 0.15) is 0 Å². The Morgan fingerprint density at radius 1 is 1.33 bits per heavy atom. The van der Waals surface area contributed by atoms with Gasteiger partial charge in [0.2, 0.25) is 0 Å². The molecule has 15 heavy (non-hydrogen) atoms. The van der Waals surface area contributed by atoms with Crippen molar-refractivity contribution in [1.29, 1.82) is 0 Å². The number of rotatable bonds is 2. The number of H-pyrrole nitrogens is 1. The number of nitrogens with one attached hydrogen (secondary N) is 1. The molecule has 0 amide bonds. The molecule has 1 fully saturated rings. The third kappa shape index (κ3) is 1.13. The predicted molar refractivity (Wildman–Crippen MR) is 59.8 cm³/mol. The van der Waals surface area contributed by atoms with Gasteiger partial charge >= 0.3 is 0 Å². The van der Waals surface area contributed by atoms with E-state index in [1.54, 1.807) is 0 Å². The normalized spacial score (nSPS) is 22.9. The molecule has 1 heterocycles. The average molecular weight is 205 g/mol. The van der Waals surface area contributed by atoms with E-state index < -0.39 is 0 Å². The van der Waals surface area contributed by atoms with Crippen molar-refractivity contribution in [3.8, 4) is 0 Å². The van der Waals surface area contributed by atoms with Gasteiger partial charge in [-0.3, -0.25) is 5.10 Å². The number of fused-ring (bicyclic) bond motifs is 1. The minimum atomic E-state index is -0.00144. The SMILES string of the molecule is CC(C)(c1n[nH]c2c1CCC2)C1(N)CC1. The Hall–Kier alpha value is -0.830. The van der Waals surface area contributed by atoms with Crippen LogP contribution in [0.4, 0.5) is 0 Å². The van der Waals surface area contributed by atoms with E-state index in [9.17, 15) is 0 Å². The van der Waals surface area contributed by atoms with Gasteiger partial charge in [-0.25, -0.2) is 0 Å². The molecule has 3 heteroatoms. The van der Waals surface area contributed by atoms with Crippen molar-refractivity contribution in [3.05, 3.63) is 17.0 Å². The Morgan fingerprint density at radius 3 is 2.73 bits per heavy atom. The van der Waals surface area contributed by atoms with E-state index in [0.717, 1.165) is 19.3 Å². The van der Waals surface area contributed by atoms with Crippen molar-refractivity contribution in [3.63, 3.8) is 0 Å². The third-order valence-corrected chi connectivity index (χ3v) is 4.43. The molecule has 0 atom stereocenters. The van der Waals surface area contributed by atoms with Gasteiger partial charge in [-0.15, -0.1) is 0 Å². The monoisotopic (exact) mass is 205 g/mol. The zero-order valence-corrected chi connectivity index (χ0v) is 9.56. The fourth-order valence-corrected chi connectivity index (χ4v) is 2.83. The number of hydrogen-bond acceptors (Lipinski definition) is 2. The van der Waals surface area contributed by atoms with Gasteiger partial charge in [0, 0.05) is 16.6 Å². The first-order valence-electron chi connectivity index (χ1n) is 5.90. The maximum Gasteiger partial charge on any atom is 0.0731 e. The van der Waals surface area contributed by atoms with Gasteiger partial charge in [0.15, 0.2) is 0 Å².